The minimum absolute atomic E-state index is 0.143. The van der Waals surface area contributed by atoms with E-state index in [1.165, 1.54) is 0 Å². The van der Waals surface area contributed by atoms with Gasteiger partial charge in [0.15, 0.2) is 11.5 Å². The molecular formula is C11H16N2O3. The van der Waals surface area contributed by atoms with Gasteiger partial charge in [0.1, 0.15) is 13.2 Å². The molecule has 1 aromatic carbocycles. The van der Waals surface area contributed by atoms with E-state index >= 15 is 0 Å². The summed E-state index contributed by atoms with van der Waals surface area (Å²) in [5, 5.41) is 8.94. The van der Waals surface area contributed by atoms with Gasteiger partial charge in [-0.2, -0.15) is 0 Å². The van der Waals surface area contributed by atoms with Crippen LogP contribution in [0.25, 0.3) is 0 Å². The van der Waals surface area contributed by atoms with Crippen LogP contribution in [-0.4, -0.2) is 31.0 Å². The molecule has 2 unspecified atom stereocenters. The average Bonchev–Trinajstić information content (AvgIpc) is 2.36. The number of hydrogen-bond donors (Lipinski definition) is 3. The van der Waals surface area contributed by atoms with Crippen LogP contribution >= 0.6 is 0 Å². The van der Waals surface area contributed by atoms with Crippen LogP contribution in [0.15, 0.2) is 18.2 Å². The van der Waals surface area contributed by atoms with E-state index in [0.717, 1.165) is 11.3 Å². The Morgan fingerprint density at radius 3 is 2.56 bits per heavy atom. The summed E-state index contributed by atoms with van der Waals surface area (Å²) in [5.41, 5.74) is 12.4. The van der Waals surface area contributed by atoms with Crippen LogP contribution in [0.5, 0.6) is 11.5 Å². The highest BCUT2D eigenvalue weighted by atomic mass is 16.6. The summed E-state index contributed by atoms with van der Waals surface area (Å²) in [7, 11) is 0. The van der Waals surface area contributed by atoms with Crippen molar-refractivity contribution in [2.45, 2.75) is 12.1 Å². The third-order valence-corrected chi connectivity index (χ3v) is 2.62. The maximum absolute atomic E-state index is 8.94. The van der Waals surface area contributed by atoms with E-state index in [0.29, 0.717) is 19.0 Å². The van der Waals surface area contributed by atoms with Gasteiger partial charge >= 0.3 is 0 Å². The molecule has 5 heteroatoms. The molecule has 0 fully saturated rings. The third kappa shape index (κ3) is 2.11. The quantitative estimate of drug-likeness (QED) is 0.660. The van der Waals surface area contributed by atoms with Gasteiger partial charge in [-0.1, -0.05) is 6.07 Å². The minimum atomic E-state index is -0.470. The van der Waals surface area contributed by atoms with Crippen molar-refractivity contribution in [2.24, 2.45) is 11.5 Å². The highest BCUT2D eigenvalue weighted by molar-refractivity contribution is 5.44. The molecule has 1 heterocycles. The molecule has 0 bridgehead atoms. The molecule has 2 atom stereocenters. The number of aliphatic hydroxyl groups excluding tert-OH is 1. The topological polar surface area (TPSA) is 90.7 Å². The maximum Gasteiger partial charge on any atom is 0.161 e. The predicted molar refractivity (Wildman–Crippen MR) is 59.4 cm³/mol. The predicted octanol–water partition coefficient (Wildman–Crippen LogP) is -0.223. The highest BCUT2D eigenvalue weighted by Crippen LogP contribution is 2.32. The second-order valence-electron chi connectivity index (χ2n) is 3.78. The molecule has 88 valence electrons. The Morgan fingerprint density at radius 1 is 1.19 bits per heavy atom. The van der Waals surface area contributed by atoms with E-state index in [9.17, 15) is 0 Å². The van der Waals surface area contributed by atoms with Gasteiger partial charge in [0, 0.05) is 12.1 Å². The smallest absolute Gasteiger partial charge is 0.161 e. The number of hydrogen-bond acceptors (Lipinski definition) is 5. The average molecular weight is 224 g/mol. The van der Waals surface area contributed by atoms with Gasteiger partial charge in [-0.05, 0) is 17.7 Å². The standard InChI is InChI=1S/C11H16N2O3/c12-8(6-14)11(13)7-1-2-9-10(5-7)16-4-3-15-9/h1-2,5,8,11,14H,3-4,6,12-13H2. The summed E-state index contributed by atoms with van der Waals surface area (Å²) in [4.78, 5) is 0. The van der Waals surface area contributed by atoms with Gasteiger partial charge in [0.25, 0.3) is 0 Å². The molecule has 0 amide bonds. The van der Waals surface area contributed by atoms with Crippen LogP contribution in [0, 0.1) is 0 Å². The molecule has 16 heavy (non-hydrogen) atoms. The summed E-state index contributed by atoms with van der Waals surface area (Å²) < 4.78 is 10.8. The Hall–Kier alpha value is -1.30. The zero-order chi connectivity index (χ0) is 11.5. The van der Waals surface area contributed by atoms with E-state index in [1.54, 1.807) is 0 Å². The number of ether oxygens (including phenoxy) is 2. The summed E-state index contributed by atoms with van der Waals surface area (Å²) in [6.45, 7) is 0.960. The number of nitrogens with two attached hydrogens (primary N) is 2. The Kier molecular flexibility index (Phi) is 3.28. The monoisotopic (exact) mass is 224 g/mol. The normalized spacial score (nSPS) is 17.9. The van der Waals surface area contributed by atoms with Gasteiger partial charge in [-0.3, -0.25) is 0 Å². The van der Waals surface area contributed by atoms with Crippen molar-refractivity contribution in [3.05, 3.63) is 23.8 Å². The van der Waals surface area contributed by atoms with Crippen LogP contribution in [0.4, 0.5) is 0 Å². The first kappa shape index (κ1) is 11.2. The van der Waals surface area contributed by atoms with Crippen molar-refractivity contribution in [2.75, 3.05) is 19.8 Å². The lowest BCUT2D eigenvalue weighted by molar-refractivity contribution is 0.171. The lowest BCUT2D eigenvalue weighted by Crippen LogP contribution is -2.37. The lowest BCUT2D eigenvalue weighted by Gasteiger charge is -2.22. The molecule has 1 aliphatic rings. The van der Waals surface area contributed by atoms with Gasteiger partial charge in [-0.25, -0.2) is 0 Å². The largest absolute Gasteiger partial charge is 0.486 e. The second-order valence-corrected chi connectivity index (χ2v) is 3.78. The summed E-state index contributed by atoms with van der Waals surface area (Å²) in [6, 6.07) is 4.60. The molecule has 0 saturated carbocycles. The maximum atomic E-state index is 8.94. The molecule has 5 N–H and O–H groups in total. The van der Waals surface area contributed by atoms with Crippen molar-refractivity contribution >= 4 is 0 Å². The van der Waals surface area contributed by atoms with Gasteiger partial charge in [0.05, 0.1) is 6.61 Å². The Bertz CT molecular complexity index is 370. The van der Waals surface area contributed by atoms with Crippen molar-refractivity contribution < 1.29 is 14.6 Å². The Morgan fingerprint density at radius 2 is 1.88 bits per heavy atom. The lowest BCUT2D eigenvalue weighted by atomic mass is 10.0. The van der Waals surface area contributed by atoms with E-state index in [-0.39, 0.29) is 6.61 Å². The molecule has 0 radical (unpaired) electrons. The van der Waals surface area contributed by atoms with Crippen molar-refractivity contribution in [1.29, 1.82) is 0 Å². The molecule has 0 aromatic heterocycles. The summed E-state index contributed by atoms with van der Waals surface area (Å²) in [5.74, 6) is 1.41. The summed E-state index contributed by atoms with van der Waals surface area (Å²) in [6.07, 6.45) is 0. The third-order valence-electron chi connectivity index (χ3n) is 2.62. The molecule has 1 aliphatic heterocycles. The van der Waals surface area contributed by atoms with E-state index < -0.39 is 12.1 Å². The Labute approximate surface area is 94.0 Å². The van der Waals surface area contributed by atoms with Crippen molar-refractivity contribution in [3.8, 4) is 11.5 Å². The first-order valence-corrected chi connectivity index (χ1v) is 5.24. The van der Waals surface area contributed by atoms with Crippen LogP contribution in [0.1, 0.15) is 11.6 Å². The van der Waals surface area contributed by atoms with Gasteiger partial charge in [-0.15, -0.1) is 0 Å². The molecular weight excluding hydrogens is 208 g/mol. The van der Waals surface area contributed by atoms with Crippen molar-refractivity contribution in [1.82, 2.24) is 0 Å². The zero-order valence-corrected chi connectivity index (χ0v) is 8.93. The van der Waals surface area contributed by atoms with Crippen molar-refractivity contribution in [3.63, 3.8) is 0 Å². The molecule has 0 aliphatic carbocycles. The van der Waals surface area contributed by atoms with Crippen LogP contribution in [0.3, 0.4) is 0 Å². The summed E-state index contributed by atoms with van der Waals surface area (Å²) >= 11 is 0. The molecule has 0 saturated heterocycles. The van der Waals surface area contributed by atoms with E-state index in [4.69, 9.17) is 26.0 Å². The molecule has 1 aromatic rings. The van der Waals surface area contributed by atoms with Gasteiger partial charge in [0.2, 0.25) is 0 Å². The molecule has 5 nitrogen and oxygen atoms in total. The van der Waals surface area contributed by atoms with Gasteiger partial charge < -0.3 is 26.0 Å². The van der Waals surface area contributed by atoms with Crippen LogP contribution in [-0.2, 0) is 0 Å². The first-order valence-electron chi connectivity index (χ1n) is 5.24. The number of rotatable bonds is 3. The first-order chi connectivity index (χ1) is 7.72. The molecule has 2 rings (SSSR count). The second kappa shape index (κ2) is 4.69. The van der Waals surface area contributed by atoms with E-state index in [1.807, 2.05) is 18.2 Å². The highest BCUT2D eigenvalue weighted by Gasteiger charge is 2.18. The van der Waals surface area contributed by atoms with Crippen LogP contribution < -0.4 is 20.9 Å². The van der Waals surface area contributed by atoms with E-state index in [2.05, 4.69) is 0 Å². The number of fused-ring (bicyclic) bond motifs is 1. The van der Waals surface area contributed by atoms with Crippen LogP contribution in [0.2, 0.25) is 0 Å². The number of aliphatic hydroxyl groups is 1. The fraction of sp³-hybridized carbons (Fsp3) is 0.455. The SMILES string of the molecule is NC(CO)C(N)c1ccc2c(c1)OCCO2. The minimum Gasteiger partial charge on any atom is -0.486 e. The fourth-order valence-electron chi connectivity index (χ4n) is 1.63. The molecule has 0 spiro atoms. The fourth-order valence-corrected chi connectivity index (χ4v) is 1.63. The zero-order valence-electron chi connectivity index (χ0n) is 8.93. The number of benzene rings is 1. The Balaban J connectivity index is 2.22.